The molecule has 0 spiro atoms. The molecule has 1 aliphatic heterocycles. The van der Waals surface area contributed by atoms with Gasteiger partial charge in [-0.3, -0.25) is 4.31 Å². The fraction of sp³-hybridized carbons (Fsp3) is 0.286. The molecule has 0 amide bonds. The van der Waals surface area contributed by atoms with Crippen LogP contribution in [-0.2, 0) is 16.4 Å². The summed E-state index contributed by atoms with van der Waals surface area (Å²) >= 11 is 6.93. The Balaban J connectivity index is 2.01. The second kappa shape index (κ2) is 5.28. The minimum absolute atomic E-state index is 0.0583. The molecule has 3 rings (SSSR count). The highest BCUT2D eigenvalue weighted by atomic mass is 35.5. The topological polar surface area (TPSA) is 63.4 Å². The Hall–Kier alpha value is -1.08. The van der Waals surface area contributed by atoms with Gasteiger partial charge < -0.3 is 5.73 Å². The number of hydrogen-bond acceptors (Lipinski definition) is 4. The fourth-order valence-electron chi connectivity index (χ4n) is 2.47. The molecule has 1 aliphatic rings. The van der Waals surface area contributed by atoms with Crippen molar-refractivity contribution in [1.82, 2.24) is 0 Å². The standard InChI is InChI=1S/C14H15ClN2O2S2/c1-9(16)10-2-3-12-11(8-10)6-7-17(12)21(18,19)14-5-4-13(15)20-14/h2-5,8-9H,6-7,16H2,1H3. The Morgan fingerprint density at radius 2 is 2.10 bits per heavy atom. The summed E-state index contributed by atoms with van der Waals surface area (Å²) in [6.45, 7) is 2.37. The first-order valence-electron chi connectivity index (χ1n) is 6.56. The van der Waals surface area contributed by atoms with Crippen LogP contribution in [-0.4, -0.2) is 15.0 Å². The molecule has 1 unspecified atom stereocenters. The van der Waals surface area contributed by atoms with Crippen LogP contribution in [0.2, 0.25) is 4.34 Å². The fourth-order valence-corrected chi connectivity index (χ4v) is 5.57. The van der Waals surface area contributed by atoms with Gasteiger partial charge in [-0.1, -0.05) is 23.7 Å². The van der Waals surface area contributed by atoms with Crippen LogP contribution in [0.1, 0.15) is 24.1 Å². The van der Waals surface area contributed by atoms with Crippen molar-refractivity contribution in [2.45, 2.75) is 23.6 Å². The molecule has 0 saturated carbocycles. The molecule has 2 N–H and O–H groups in total. The van der Waals surface area contributed by atoms with Crippen molar-refractivity contribution in [2.75, 3.05) is 10.8 Å². The van der Waals surface area contributed by atoms with E-state index in [1.54, 1.807) is 12.1 Å². The molecule has 1 atom stereocenters. The zero-order valence-electron chi connectivity index (χ0n) is 11.4. The maximum absolute atomic E-state index is 12.7. The van der Waals surface area contributed by atoms with Gasteiger partial charge in [0.25, 0.3) is 10.0 Å². The molecule has 2 aromatic rings. The Morgan fingerprint density at radius 3 is 2.71 bits per heavy atom. The monoisotopic (exact) mass is 342 g/mol. The Morgan fingerprint density at radius 1 is 1.33 bits per heavy atom. The summed E-state index contributed by atoms with van der Waals surface area (Å²) in [7, 11) is -3.53. The van der Waals surface area contributed by atoms with E-state index in [9.17, 15) is 8.42 Å². The molecule has 1 aromatic heterocycles. The predicted octanol–water partition coefficient (Wildman–Crippen LogP) is 3.17. The quantitative estimate of drug-likeness (QED) is 0.931. The number of nitrogens with zero attached hydrogens (tertiary/aromatic N) is 1. The van der Waals surface area contributed by atoms with Crippen LogP contribution >= 0.6 is 22.9 Å². The maximum Gasteiger partial charge on any atom is 0.273 e. The van der Waals surface area contributed by atoms with E-state index in [4.69, 9.17) is 17.3 Å². The Labute approximate surface area is 133 Å². The first-order valence-corrected chi connectivity index (χ1v) is 9.19. The summed E-state index contributed by atoms with van der Waals surface area (Å²) in [6.07, 6.45) is 0.703. The van der Waals surface area contributed by atoms with Gasteiger partial charge in [0, 0.05) is 12.6 Å². The number of anilines is 1. The van der Waals surface area contributed by atoms with Crippen molar-refractivity contribution < 1.29 is 8.42 Å². The number of hydrogen-bond donors (Lipinski definition) is 1. The summed E-state index contributed by atoms with van der Waals surface area (Å²) < 4.78 is 27.6. The molecular formula is C14H15ClN2O2S2. The molecule has 112 valence electrons. The smallest absolute Gasteiger partial charge is 0.273 e. The lowest BCUT2D eigenvalue weighted by molar-refractivity contribution is 0.594. The highest BCUT2D eigenvalue weighted by Gasteiger charge is 2.32. The predicted molar refractivity (Wildman–Crippen MR) is 86.6 cm³/mol. The zero-order valence-corrected chi connectivity index (χ0v) is 13.8. The van der Waals surface area contributed by atoms with Crippen molar-refractivity contribution in [3.63, 3.8) is 0 Å². The van der Waals surface area contributed by atoms with Crippen LogP contribution in [0.15, 0.2) is 34.5 Å². The first-order chi connectivity index (χ1) is 9.89. The highest BCUT2D eigenvalue weighted by molar-refractivity contribution is 7.94. The number of nitrogens with two attached hydrogens (primary N) is 1. The van der Waals surface area contributed by atoms with Crippen LogP contribution in [0.4, 0.5) is 5.69 Å². The number of thiophene rings is 1. The average Bonchev–Trinajstić information content (AvgIpc) is 3.04. The van der Waals surface area contributed by atoms with Gasteiger partial charge in [-0.2, -0.15) is 0 Å². The van der Waals surface area contributed by atoms with Gasteiger partial charge in [0.1, 0.15) is 4.21 Å². The number of rotatable bonds is 3. The minimum Gasteiger partial charge on any atom is -0.324 e. The molecule has 21 heavy (non-hydrogen) atoms. The van der Waals surface area contributed by atoms with E-state index >= 15 is 0 Å². The molecule has 7 heteroatoms. The Kier molecular flexibility index (Phi) is 3.73. The lowest BCUT2D eigenvalue weighted by Gasteiger charge is -2.19. The van der Waals surface area contributed by atoms with Gasteiger partial charge in [-0.25, -0.2) is 8.42 Å². The lowest BCUT2D eigenvalue weighted by Crippen LogP contribution is -2.28. The molecular weight excluding hydrogens is 328 g/mol. The summed E-state index contributed by atoms with van der Waals surface area (Å²) in [5.74, 6) is 0. The molecule has 0 fully saturated rings. The normalized spacial score (nSPS) is 16.0. The summed E-state index contributed by atoms with van der Waals surface area (Å²) in [5, 5.41) is 0. The number of halogens is 1. The van der Waals surface area contributed by atoms with E-state index in [0.717, 1.165) is 28.2 Å². The zero-order chi connectivity index (χ0) is 15.2. The molecule has 2 heterocycles. The Bertz CT molecular complexity index is 784. The summed E-state index contributed by atoms with van der Waals surface area (Å²) in [5.41, 5.74) is 8.66. The van der Waals surface area contributed by atoms with E-state index in [0.29, 0.717) is 17.3 Å². The number of benzene rings is 1. The van der Waals surface area contributed by atoms with Crippen molar-refractivity contribution in [3.05, 3.63) is 45.8 Å². The van der Waals surface area contributed by atoms with Gasteiger partial charge in [0.15, 0.2) is 0 Å². The van der Waals surface area contributed by atoms with Crippen molar-refractivity contribution in [2.24, 2.45) is 5.73 Å². The highest BCUT2D eigenvalue weighted by Crippen LogP contribution is 2.36. The third-order valence-corrected chi connectivity index (χ3v) is 7.09. The van der Waals surface area contributed by atoms with Gasteiger partial charge in [-0.05, 0) is 42.7 Å². The minimum atomic E-state index is -3.53. The van der Waals surface area contributed by atoms with Crippen LogP contribution in [0.3, 0.4) is 0 Å². The van der Waals surface area contributed by atoms with E-state index in [-0.39, 0.29) is 10.3 Å². The largest absolute Gasteiger partial charge is 0.324 e. The first kappa shape index (κ1) is 14.8. The van der Waals surface area contributed by atoms with Gasteiger partial charge in [0.2, 0.25) is 0 Å². The van der Waals surface area contributed by atoms with E-state index < -0.39 is 10.0 Å². The second-order valence-electron chi connectivity index (χ2n) is 5.06. The number of fused-ring (bicyclic) bond motifs is 1. The third-order valence-electron chi connectivity index (χ3n) is 3.58. The van der Waals surface area contributed by atoms with Crippen molar-refractivity contribution in [1.29, 1.82) is 0 Å². The molecule has 0 radical (unpaired) electrons. The molecule has 0 saturated heterocycles. The molecule has 0 aliphatic carbocycles. The molecule has 4 nitrogen and oxygen atoms in total. The van der Waals surface area contributed by atoms with Crippen LogP contribution in [0.25, 0.3) is 0 Å². The lowest BCUT2D eigenvalue weighted by atomic mass is 10.0. The third kappa shape index (κ3) is 2.57. The maximum atomic E-state index is 12.7. The summed E-state index contributed by atoms with van der Waals surface area (Å²) in [6, 6.07) is 8.83. The van der Waals surface area contributed by atoms with Crippen LogP contribution < -0.4 is 10.0 Å². The van der Waals surface area contributed by atoms with Gasteiger partial charge in [-0.15, -0.1) is 11.3 Å². The second-order valence-corrected chi connectivity index (χ2v) is 8.87. The van der Waals surface area contributed by atoms with Crippen molar-refractivity contribution in [3.8, 4) is 0 Å². The van der Waals surface area contributed by atoms with Crippen LogP contribution in [0.5, 0.6) is 0 Å². The van der Waals surface area contributed by atoms with E-state index in [1.165, 1.54) is 4.31 Å². The van der Waals surface area contributed by atoms with Crippen LogP contribution in [0, 0.1) is 0 Å². The van der Waals surface area contributed by atoms with Gasteiger partial charge in [0.05, 0.1) is 10.0 Å². The summed E-state index contributed by atoms with van der Waals surface area (Å²) in [4.78, 5) is 0. The van der Waals surface area contributed by atoms with Gasteiger partial charge >= 0.3 is 0 Å². The number of sulfonamides is 1. The SMILES string of the molecule is CC(N)c1ccc2c(c1)CCN2S(=O)(=O)c1ccc(Cl)s1. The van der Waals surface area contributed by atoms with E-state index in [1.807, 2.05) is 25.1 Å². The van der Waals surface area contributed by atoms with Crippen molar-refractivity contribution >= 4 is 38.6 Å². The molecule has 0 bridgehead atoms. The average molecular weight is 343 g/mol. The van der Waals surface area contributed by atoms with E-state index in [2.05, 4.69) is 0 Å². The molecule has 1 aromatic carbocycles.